The molecule has 0 radical (unpaired) electrons. The Bertz CT molecular complexity index is 728. The van der Waals surface area contributed by atoms with E-state index >= 15 is 0 Å². The molecule has 0 aliphatic carbocycles. The van der Waals surface area contributed by atoms with Crippen molar-refractivity contribution in [2.24, 2.45) is 5.92 Å². The van der Waals surface area contributed by atoms with Crippen LogP contribution in [0.1, 0.15) is 24.9 Å². The number of likely N-dealkylation sites (tertiary alicyclic amines) is 1. The zero-order valence-corrected chi connectivity index (χ0v) is 13.9. The van der Waals surface area contributed by atoms with Gasteiger partial charge in [-0.05, 0) is 29.7 Å². The fraction of sp³-hybridized carbons (Fsp3) is 0.316. The molecule has 1 aromatic carbocycles. The van der Waals surface area contributed by atoms with E-state index < -0.39 is 0 Å². The minimum Gasteiger partial charge on any atom is -0.349 e. The first-order valence-electron chi connectivity index (χ1n) is 8.09. The largest absolute Gasteiger partial charge is 0.349 e. The highest BCUT2D eigenvalue weighted by Crippen LogP contribution is 2.22. The summed E-state index contributed by atoms with van der Waals surface area (Å²) in [7, 11) is 1.73. The zero-order valence-electron chi connectivity index (χ0n) is 13.9. The van der Waals surface area contributed by atoms with Crippen LogP contribution in [0.3, 0.4) is 0 Å². The van der Waals surface area contributed by atoms with Gasteiger partial charge in [-0.2, -0.15) is 0 Å². The molecule has 1 aliphatic rings. The van der Waals surface area contributed by atoms with Gasteiger partial charge in [0, 0.05) is 32.4 Å². The van der Waals surface area contributed by atoms with E-state index in [1.54, 1.807) is 18.1 Å². The van der Waals surface area contributed by atoms with Crippen LogP contribution in [0.2, 0.25) is 0 Å². The van der Waals surface area contributed by atoms with E-state index in [2.05, 4.69) is 10.3 Å². The summed E-state index contributed by atoms with van der Waals surface area (Å²) in [6.45, 7) is 2.45. The molecule has 2 heterocycles. The van der Waals surface area contributed by atoms with Crippen LogP contribution >= 0.6 is 0 Å². The van der Waals surface area contributed by atoms with Crippen LogP contribution in [-0.2, 0) is 9.59 Å². The number of amides is 2. The van der Waals surface area contributed by atoms with Gasteiger partial charge in [-0.3, -0.25) is 14.6 Å². The van der Waals surface area contributed by atoms with E-state index in [-0.39, 0.29) is 23.8 Å². The molecule has 2 atom stereocenters. The maximum absolute atomic E-state index is 12.3. The fourth-order valence-electron chi connectivity index (χ4n) is 2.95. The second kappa shape index (κ2) is 6.83. The van der Waals surface area contributed by atoms with Gasteiger partial charge in [0.25, 0.3) is 0 Å². The number of carbonyl (C=O) groups excluding carboxylic acids is 2. The minimum absolute atomic E-state index is 0.0311. The molecule has 1 fully saturated rings. The average Bonchev–Trinajstić information content (AvgIpc) is 2.95. The predicted octanol–water partition coefficient (Wildman–Crippen LogP) is 2.40. The lowest BCUT2D eigenvalue weighted by atomic mass is 10.0. The van der Waals surface area contributed by atoms with Gasteiger partial charge in [-0.15, -0.1) is 0 Å². The number of rotatable bonds is 4. The molecule has 1 saturated heterocycles. The molecular weight excluding hydrogens is 302 g/mol. The maximum atomic E-state index is 12.3. The van der Waals surface area contributed by atoms with Crippen molar-refractivity contribution in [1.29, 1.82) is 0 Å². The lowest BCUT2D eigenvalue weighted by Crippen LogP contribution is -2.34. The average molecular weight is 323 g/mol. The number of nitrogens with one attached hydrogen (secondary N) is 1. The molecule has 1 N–H and O–H groups in total. The van der Waals surface area contributed by atoms with E-state index in [0.717, 1.165) is 16.7 Å². The Hall–Kier alpha value is -2.69. The first-order chi connectivity index (χ1) is 11.5. The highest BCUT2D eigenvalue weighted by molar-refractivity contribution is 5.89. The topological polar surface area (TPSA) is 62.3 Å². The molecule has 3 rings (SSSR count). The Labute approximate surface area is 141 Å². The number of hydrogen-bond donors (Lipinski definition) is 1. The third kappa shape index (κ3) is 3.45. The summed E-state index contributed by atoms with van der Waals surface area (Å²) in [4.78, 5) is 29.6. The summed E-state index contributed by atoms with van der Waals surface area (Å²) in [6.07, 6.45) is 3.88. The van der Waals surface area contributed by atoms with Crippen molar-refractivity contribution in [3.8, 4) is 11.1 Å². The first-order valence-corrected chi connectivity index (χ1v) is 8.09. The quantitative estimate of drug-likeness (QED) is 0.940. The normalized spacial score (nSPS) is 18.5. The van der Waals surface area contributed by atoms with Crippen molar-refractivity contribution in [2.75, 3.05) is 13.6 Å². The van der Waals surface area contributed by atoms with Gasteiger partial charge < -0.3 is 10.2 Å². The number of aromatic nitrogens is 1. The van der Waals surface area contributed by atoms with Crippen LogP contribution in [0.15, 0.2) is 48.8 Å². The van der Waals surface area contributed by atoms with Crippen LogP contribution in [0.25, 0.3) is 11.1 Å². The molecule has 5 nitrogen and oxygen atoms in total. The van der Waals surface area contributed by atoms with Gasteiger partial charge >= 0.3 is 0 Å². The summed E-state index contributed by atoms with van der Waals surface area (Å²) in [5.74, 6) is -0.278. The molecule has 0 bridgehead atoms. The molecule has 0 spiro atoms. The standard InChI is InChI=1S/C19H21N3O2/c1-13(21-19(24)17-10-18(23)22(2)12-17)14-5-7-15(8-6-14)16-4-3-9-20-11-16/h3-9,11,13,17H,10,12H2,1-2H3,(H,21,24)/t13-,17-/m1/s1. The third-order valence-electron chi connectivity index (χ3n) is 4.48. The number of hydrogen-bond acceptors (Lipinski definition) is 3. The van der Waals surface area contributed by atoms with Gasteiger partial charge in [0.15, 0.2) is 0 Å². The lowest BCUT2D eigenvalue weighted by molar-refractivity contribution is -0.128. The van der Waals surface area contributed by atoms with Crippen molar-refractivity contribution in [2.45, 2.75) is 19.4 Å². The molecule has 124 valence electrons. The molecule has 1 aromatic heterocycles. The molecular formula is C19H21N3O2. The van der Waals surface area contributed by atoms with Crippen LogP contribution in [0.5, 0.6) is 0 Å². The number of pyridine rings is 1. The van der Waals surface area contributed by atoms with E-state index in [0.29, 0.717) is 13.0 Å². The Balaban J connectivity index is 1.64. The molecule has 1 aliphatic heterocycles. The van der Waals surface area contributed by atoms with Gasteiger partial charge in [0.2, 0.25) is 11.8 Å². The number of nitrogens with zero attached hydrogens (tertiary/aromatic N) is 2. The summed E-state index contributed by atoms with van der Waals surface area (Å²) in [6, 6.07) is 11.9. The first kappa shape index (κ1) is 16.2. The Morgan fingerprint density at radius 1 is 1.25 bits per heavy atom. The van der Waals surface area contributed by atoms with E-state index in [1.165, 1.54) is 0 Å². The summed E-state index contributed by atoms with van der Waals surface area (Å²) >= 11 is 0. The highest BCUT2D eigenvalue weighted by Gasteiger charge is 2.32. The molecule has 0 saturated carbocycles. The predicted molar refractivity (Wildman–Crippen MR) is 92.0 cm³/mol. The summed E-state index contributed by atoms with van der Waals surface area (Å²) in [5.41, 5.74) is 3.19. The van der Waals surface area contributed by atoms with Crippen LogP contribution in [0, 0.1) is 5.92 Å². The van der Waals surface area contributed by atoms with Crippen molar-refractivity contribution in [1.82, 2.24) is 15.2 Å². The lowest BCUT2D eigenvalue weighted by Gasteiger charge is -2.17. The molecule has 24 heavy (non-hydrogen) atoms. The van der Waals surface area contributed by atoms with Crippen molar-refractivity contribution in [3.05, 3.63) is 54.4 Å². The minimum atomic E-state index is -0.250. The second-order valence-corrected chi connectivity index (χ2v) is 6.27. The number of benzene rings is 1. The summed E-state index contributed by atoms with van der Waals surface area (Å²) < 4.78 is 0. The smallest absolute Gasteiger partial charge is 0.225 e. The second-order valence-electron chi connectivity index (χ2n) is 6.27. The summed E-state index contributed by atoms with van der Waals surface area (Å²) in [5, 5.41) is 3.01. The van der Waals surface area contributed by atoms with Gasteiger partial charge in [0.1, 0.15) is 0 Å². The highest BCUT2D eigenvalue weighted by atomic mass is 16.2. The van der Waals surface area contributed by atoms with Crippen LogP contribution < -0.4 is 5.32 Å². The van der Waals surface area contributed by atoms with E-state index in [1.807, 2.05) is 49.5 Å². The molecule has 2 amide bonds. The Morgan fingerprint density at radius 2 is 2.00 bits per heavy atom. The van der Waals surface area contributed by atoms with E-state index in [4.69, 9.17) is 0 Å². The van der Waals surface area contributed by atoms with Gasteiger partial charge in [-0.1, -0.05) is 30.3 Å². The molecule has 0 unspecified atom stereocenters. The van der Waals surface area contributed by atoms with Crippen LogP contribution in [0.4, 0.5) is 0 Å². The van der Waals surface area contributed by atoms with E-state index in [9.17, 15) is 9.59 Å². The third-order valence-corrected chi connectivity index (χ3v) is 4.48. The SMILES string of the molecule is C[C@@H](NC(=O)[C@@H]1CC(=O)N(C)C1)c1ccc(-c2cccnc2)cc1. The Morgan fingerprint density at radius 3 is 2.58 bits per heavy atom. The zero-order chi connectivity index (χ0) is 17.1. The van der Waals surface area contributed by atoms with Crippen molar-refractivity contribution >= 4 is 11.8 Å². The molecule has 5 heteroatoms. The Kier molecular flexibility index (Phi) is 4.60. The monoisotopic (exact) mass is 323 g/mol. The number of carbonyl (C=O) groups is 2. The van der Waals surface area contributed by atoms with Gasteiger partial charge in [0.05, 0.1) is 12.0 Å². The van der Waals surface area contributed by atoms with Crippen molar-refractivity contribution in [3.63, 3.8) is 0 Å². The molecule has 2 aromatic rings. The fourth-order valence-corrected chi connectivity index (χ4v) is 2.95. The maximum Gasteiger partial charge on any atom is 0.225 e. The van der Waals surface area contributed by atoms with Crippen LogP contribution in [-0.4, -0.2) is 35.3 Å². The van der Waals surface area contributed by atoms with Gasteiger partial charge in [-0.25, -0.2) is 0 Å². The van der Waals surface area contributed by atoms with Crippen molar-refractivity contribution < 1.29 is 9.59 Å².